The molecule has 0 aromatic heterocycles. The van der Waals surface area contributed by atoms with Crippen LogP contribution in [-0.2, 0) is 28.6 Å². The van der Waals surface area contributed by atoms with Crippen molar-refractivity contribution in [3.05, 3.63) is 97.2 Å². The van der Waals surface area contributed by atoms with E-state index in [2.05, 4.69) is 118 Å². The van der Waals surface area contributed by atoms with Gasteiger partial charge in [0, 0.05) is 19.3 Å². The number of unbranched alkanes of at least 4 members (excludes halogenated alkanes) is 15. The molecule has 0 aliphatic heterocycles. The predicted molar refractivity (Wildman–Crippen MR) is 256 cm³/mol. The van der Waals surface area contributed by atoms with E-state index in [1.165, 1.54) is 57.8 Å². The van der Waals surface area contributed by atoms with Crippen LogP contribution in [0.4, 0.5) is 0 Å². The Balaban J connectivity index is 4.54. The molecule has 0 heterocycles. The fourth-order valence-corrected chi connectivity index (χ4v) is 6.25. The molecule has 0 fully saturated rings. The molecule has 0 radical (unpaired) electrons. The van der Waals surface area contributed by atoms with E-state index < -0.39 is 6.10 Å². The summed E-state index contributed by atoms with van der Waals surface area (Å²) in [4.78, 5) is 37.8. The highest BCUT2D eigenvalue weighted by molar-refractivity contribution is 5.71. The Kier molecular flexibility index (Phi) is 45.1. The molecular formula is C54H88O6. The van der Waals surface area contributed by atoms with E-state index in [1.54, 1.807) is 0 Å². The lowest BCUT2D eigenvalue weighted by Crippen LogP contribution is -2.30. The minimum absolute atomic E-state index is 0.107. The van der Waals surface area contributed by atoms with Gasteiger partial charge in [-0.3, -0.25) is 14.4 Å². The van der Waals surface area contributed by atoms with E-state index in [4.69, 9.17) is 14.2 Å². The van der Waals surface area contributed by atoms with Gasteiger partial charge in [0.1, 0.15) is 13.2 Å². The van der Waals surface area contributed by atoms with Gasteiger partial charge < -0.3 is 14.2 Å². The minimum Gasteiger partial charge on any atom is -0.462 e. The van der Waals surface area contributed by atoms with Crippen molar-refractivity contribution >= 4 is 17.9 Å². The summed E-state index contributed by atoms with van der Waals surface area (Å²) >= 11 is 0. The van der Waals surface area contributed by atoms with Crippen molar-refractivity contribution < 1.29 is 28.6 Å². The summed E-state index contributed by atoms with van der Waals surface area (Å²) < 4.78 is 16.7. The lowest BCUT2D eigenvalue weighted by atomic mass is 10.0. The zero-order valence-electron chi connectivity index (χ0n) is 38.7. The lowest BCUT2D eigenvalue weighted by Gasteiger charge is -2.18. The molecule has 0 aliphatic carbocycles. The number of hydrogen-bond donors (Lipinski definition) is 0. The van der Waals surface area contributed by atoms with E-state index in [1.807, 2.05) is 0 Å². The Labute approximate surface area is 368 Å². The van der Waals surface area contributed by atoms with Crippen molar-refractivity contribution in [1.82, 2.24) is 0 Å². The second-order valence-corrected chi connectivity index (χ2v) is 15.6. The van der Waals surface area contributed by atoms with Crippen molar-refractivity contribution in [3.63, 3.8) is 0 Å². The molecule has 0 N–H and O–H groups in total. The van der Waals surface area contributed by atoms with Gasteiger partial charge in [0.15, 0.2) is 6.10 Å². The van der Waals surface area contributed by atoms with Gasteiger partial charge >= 0.3 is 17.9 Å². The molecule has 1 atom stereocenters. The van der Waals surface area contributed by atoms with Crippen LogP contribution in [-0.4, -0.2) is 37.2 Å². The van der Waals surface area contributed by atoms with E-state index in [-0.39, 0.29) is 37.5 Å². The van der Waals surface area contributed by atoms with Gasteiger partial charge in [-0.1, -0.05) is 189 Å². The van der Waals surface area contributed by atoms with E-state index in [0.29, 0.717) is 25.7 Å². The van der Waals surface area contributed by atoms with Crippen molar-refractivity contribution in [2.45, 2.75) is 213 Å². The minimum atomic E-state index is -0.814. The van der Waals surface area contributed by atoms with Gasteiger partial charge in [0.2, 0.25) is 0 Å². The van der Waals surface area contributed by atoms with Crippen molar-refractivity contribution in [3.8, 4) is 0 Å². The summed E-state index contributed by atoms with van der Waals surface area (Å²) in [5.41, 5.74) is 0. The van der Waals surface area contributed by atoms with Crippen molar-refractivity contribution in [2.24, 2.45) is 0 Å². The molecule has 60 heavy (non-hydrogen) atoms. The van der Waals surface area contributed by atoms with Crippen LogP contribution in [0.25, 0.3) is 0 Å². The molecule has 0 saturated carbocycles. The fourth-order valence-electron chi connectivity index (χ4n) is 6.25. The Hall–Kier alpha value is -3.67. The summed E-state index contributed by atoms with van der Waals surface area (Å²) in [7, 11) is 0. The molecule has 0 aromatic carbocycles. The quantitative estimate of drug-likeness (QED) is 0.0264. The summed E-state index contributed by atoms with van der Waals surface area (Å²) in [5, 5.41) is 0. The van der Waals surface area contributed by atoms with Crippen LogP contribution in [0.15, 0.2) is 97.2 Å². The summed E-state index contributed by atoms with van der Waals surface area (Å²) in [6.45, 7) is 6.32. The summed E-state index contributed by atoms with van der Waals surface area (Å²) in [6.07, 6.45) is 62.5. The van der Waals surface area contributed by atoms with E-state index >= 15 is 0 Å². The molecule has 6 nitrogen and oxygen atoms in total. The molecule has 0 saturated heterocycles. The second kappa shape index (κ2) is 48.0. The fraction of sp³-hybridized carbons (Fsp3) is 0.648. The average Bonchev–Trinajstić information content (AvgIpc) is 3.24. The van der Waals surface area contributed by atoms with Gasteiger partial charge in [0.25, 0.3) is 0 Å². The first-order valence-electron chi connectivity index (χ1n) is 24.2. The van der Waals surface area contributed by atoms with E-state index in [0.717, 1.165) is 96.3 Å². The summed E-state index contributed by atoms with van der Waals surface area (Å²) in [5.74, 6) is -0.999. The van der Waals surface area contributed by atoms with Gasteiger partial charge in [0.05, 0.1) is 0 Å². The topological polar surface area (TPSA) is 78.9 Å². The van der Waals surface area contributed by atoms with Crippen LogP contribution in [0.1, 0.15) is 207 Å². The lowest BCUT2D eigenvalue weighted by molar-refractivity contribution is -0.167. The predicted octanol–water partition coefficient (Wildman–Crippen LogP) is 15.8. The molecule has 1 unspecified atom stereocenters. The zero-order valence-corrected chi connectivity index (χ0v) is 38.7. The number of carbonyl (C=O) groups excluding carboxylic acids is 3. The van der Waals surface area contributed by atoms with Crippen LogP contribution < -0.4 is 0 Å². The number of ether oxygens (including phenoxy) is 3. The smallest absolute Gasteiger partial charge is 0.306 e. The van der Waals surface area contributed by atoms with Crippen LogP contribution in [0.5, 0.6) is 0 Å². The van der Waals surface area contributed by atoms with Crippen molar-refractivity contribution in [2.75, 3.05) is 13.2 Å². The maximum Gasteiger partial charge on any atom is 0.306 e. The third kappa shape index (κ3) is 45.4. The number of hydrogen-bond acceptors (Lipinski definition) is 6. The monoisotopic (exact) mass is 833 g/mol. The Morgan fingerprint density at radius 3 is 1.02 bits per heavy atom. The molecule has 0 aliphatic rings. The van der Waals surface area contributed by atoms with E-state index in [9.17, 15) is 14.4 Å². The van der Waals surface area contributed by atoms with Crippen molar-refractivity contribution in [1.29, 1.82) is 0 Å². The van der Waals surface area contributed by atoms with Gasteiger partial charge in [-0.15, -0.1) is 0 Å². The van der Waals surface area contributed by atoms with Crippen LogP contribution >= 0.6 is 0 Å². The van der Waals surface area contributed by atoms with Crippen LogP contribution in [0.2, 0.25) is 0 Å². The second-order valence-electron chi connectivity index (χ2n) is 15.6. The standard InChI is InChI=1S/C54H88O6/c1-4-7-10-13-16-19-22-25-27-29-32-35-38-41-44-47-53(56)59-50-51(49-58-52(55)46-43-40-37-34-31-24-21-18-15-12-9-6-3)60-54(57)48-45-42-39-36-33-30-28-26-23-20-17-14-11-8-5-2/h7-8,10-11,16-17,19-20,25-28,32-33,35-36,51H,4-6,9,12-15,18,21-24,29-31,34,37-50H2,1-3H3/b10-7-,11-8-,19-16-,20-17-,27-25-,28-26-,35-32-,36-33-. The highest BCUT2D eigenvalue weighted by Crippen LogP contribution is 2.13. The SMILES string of the molecule is CC/C=C\C/C=C\C/C=C\C/C=C\CCCCC(=O)OCC(COC(=O)CCCCCCCCCCCCCC)OC(=O)CCCC/C=C\C/C=C\C/C=C\C/C=C\CC. The molecule has 0 spiro atoms. The molecular weight excluding hydrogens is 745 g/mol. The normalized spacial score (nSPS) is 12.9. The largest absolute Gasteiger partial charge is 0.462 e. The summed E-state index contributed by atoms with van der Waals surface area (Å²) in [6, 6.07) is 0. The maximum absolute atomic E-state index is 12.7. The third-order valence-electron chi connectivity index (χ3n) is 9.83. The molecule has 0 aromatic rings. The first-order chi connectivity index (χ1) is 29.5. The molecule has 0 amide bonds. The zero-order chi connectivity index (χ0) is 43.7. The van der Waals surface area contributed by atoms with Gasteiger partial charge in [-0.2, -0.15) is 0 Å². The molecule has 6 heteroatoms. The molecule has 340 valence electrons. The number of esters is 3. The van der Waals surface area contributed by atoms with Crippen LogP contribution in [0.3, 0.4) is 0 Å². The number of rotatable bonds is 42. The van der Waals surface area contributed by atoms with Gasteiger partial charge in [-0.25, -0.2) is 0 Å². The average molecular weight is 833 g/mol. The first kappa shape index (κ1) is 56.3. The highest BCUT2D eigenvalue weighted by atomic mass is 16.6. The first-order valence-corrected chi connectivity index (χ1v) is 24.2. The Bertz CT molecular complexity index is 1230. The maximum atomic E-state index is 12.7. The Morgan fingerprint density at radius 2 is 0.650 bits per heavy atom. The molecule has 0 rings (SSSR count). The number of carbonyl (C=O) groups is 3. The number of allylic oxidation sites excluding steroid dienone is 16. The Morgan fingerprint density at radius 1 is 0.350 bits per heavy atom. The highest BCUT2D eigenvalue weighted by Gasteiger charge is 2.19. The third-order valence-corrected chi connectivity index (χ3v) is 9.83. The van der Waals surface area contributed by atoms with Crippen LogP contribution in [0, 0.1) is 0 Å². The van der Waals surface area contributed by atoms with Gasteiger partial charge in [-0.05, 0) is 96.3 Å². The molecule has 0 bridgehead atoms.